The molecule has 172 valence electrons. The van der Waals surface area contributed by atoms with Crippen LogP contribution >= 0.6 is 9.24 Å². The topological polar surface area (TPSA) is 94.5 Å². The minimum absolute atomic E-state index is 0.0447. The van der Waals surface area contributed by atoms with E-state index >= 15 is 0 Å². The summed E-state index contributed by atoms with van der Waals surface area (Å²) in [5.41, 5.74) is 1.62. The van der Waals surface area contributed by atoms with Crippen LogP contribution in [0.4, 0.5) is 16.0 Å². The van der Waals surface area contributed by atoms with Gasteiger partial charge >= 0.3 is 0 Å². The molecule has 0 aromatic carbocycles. The van der Waals surface area contributed by atoms with Crippen molar-refractivity contribution in [2.24, 2.45) is 5.92 Å². The molecule has 2 aromatic heterocycles. The third kappa shape index (κ3) is 5.47. The van der Waals surface area contributed by atoms with Gasteiger partial charge in [0.1, 0.15) is 11.9 Å². The zero-order chi connectivity index (χ0) is 22.9. The lowest BCUT2D eigenvalue weighted by Crippen LogP contribution is -2.55. The van der Waals surface area contributed by atoms with Crippen LogP contribution in [0.15, 0.2) is 30.7 Å². The van der Waals surface area contributed by atoms with Gasteiger partial charge < -0.3 is 19.1 Å². The lowest BCUT2D eigenvalue weighted by Gasteiger charge is -2.38. The van der Waals surface area contributed by atoms with E-state index in [4.69, 9.17) is 4.74 Å². The molecule has 4 heterocycles. The second-order valence-electron chi connectivity index (χ2n) is 8.52. The summed E-state index contributed by atoms with van der Waals surface area (Å²) in [6, 6.07) is 3.56. The fraction of sp³-hybridized carbons (Fsp3) is 0.524. The highest BCUT2D eigenvalue weighted by atomic mass is 32.2. The number of halogens is 1. The molecule has 4 unspecified atom stereocenters. The van der Waals surface area contributed by atoms with E-state index in [2.05, 4.69) is 24.2 Å². The van der Waals surface area contributed by atoms with Gasteiger partial charge in [0.05, 0.1) is 37.4 Å². The van der Waals surface area contributed by atoms with Gasteiger partial charge in [-0.1, -0.05) is 26.5 Å². The maximum absolute atomic E-state index is 13.5. The summed E-state index contributed by atoms with van der Waals surface area (Å²) in [5.74, 6) is 0.862. The average Bonchev–Trinajstić information content (AvgIpc) is 3.06. The van der Waals surface area contributed by atoms with Crippen molar-refractivity contribution in [2.75, 3.05) is 42.3 Å². The molecular weight excluding hydrogens is 452 g/mol. The molecule has 0 N–H and O–H groups in total. The first-order chi connectivity index (χ1) is 15.2. The highest BCUT2D eigenvalue weighted by molar-refractivity contribution is 7.91. The lowest BCUT2D eigenvalue weighted by molar-refractivity contribution is -0.120. The van der Waals surface area contributed by atoms with Gasteiger partial charge in [0.15, 0.2) is 5.41 Å². The largest absolute Gasteiger partial charge is 0.616 e. The number of ether oxygens (including phenoxy) is 1. The van der Waals surface area contributed by atoms with Gasteiger partial charge in [-0.25, -0.2) is 19.3 Å². The summed E-state index contributed by atoms with van der Waals surface area (Å²) in [6.45, 7) is 3.31. The van der Waals surface area contributed by atoms with Gasteiger partial charge in [0.25, 0.3) is 0 Å². The summed E-state index contributed by atoms with van der Waals surface area (Å²) in [4.78, 5) is 29.6. The maximum Gasteiger partial charge on any atom is 0.230 e. The molecular formula is C21H27FN5O3PS. The molecule has 8 nitrogen and oxygen atoms in total. The molecule has 0 spiro atoms. The molecule has 2 fully saturated rings. The van der Waals surface area contributed by atoms with E-state index < -0.39 is 16.6 Å². The Kier molecular flexibility index (Phi) is 6.83. The van der Waals surface area contributed by atoms with Gasteiger partial charge in [-0.2, -0.15) is 0 Å². The van der Waals surface area contributed by atoms with E-state index in [1.165, 1.54) is 6.92 Å². The van der Waals surface area contributed by atoms with Crippen molar-refractivity contribution in [3.63, 3.8) is 0 Å². The number of hydrogen-bond donors (Lipinski definition) is 0. The predicted molar refractivity (Wildman–Crippen MR) is 125 cm³/mol. The molecule has 4 atom stereocenters. The first kappa shape index (κ1) is 23.1. The minimum Gasteiger partial charge on any atom is -0.616 e. The van der Waals surface area contributed by atoms with Crippen LogP contribution in [0.1, 0.15) is 18.9 Å². The third-order valence-corrected chi connectivity index (χ3v) is 7.04. The smallest absolute Gasteiger partial charge is 0.230 e. The van der Waals surface area contributed by atoms with Crippen molar-refractivity contribution in [2.45, 2.75) is 30.4 Å². The molecule has 11 heteroatoms. The Bertz CT molecular complexity index is 936. The third-order valence-electron chi connectivity index (χ3n) is 5.63. The lowest BCUT2D eigenvalue weighted by atomic mass is 9.99. The number of anilines is 2. The Labute approximate surface area is 192 Å². The summed E-state index contributed by atoms with van der Waals surface area (Å²) in [5, 5.41) is -1.33. The zero-order valence-corrected chi connectivity index (χ0v) is 20.1. The second-order valence-corrected chi connectivity index (χ2v) is 11.4. The molecule has 1 amide bonds. The van der Waals surface area contributed by atoms with Gasteiger partial charge in [-0.15, -0.1) is 0 Å². The summed E-state index contributed by atoms with van der Waals surface area (Å²) in [6.07, 6.45) is 8.06. The van der Waals surface area contributed by atoms with Crippen LogP contribution in [0.25, 0.3) is 0 Å². The van der Waals surface area contributed by atoms with Crippen LogP contribution in [0.5, 0.6) is 5.88 Å². The predicted octanol–water partition coefficient (Wildman–Crippen LogP) is 1.97. The Hall–Kier alpha value is -2.03. The van der Waals surface area contributed by atoms with Crippen molar-refractivity contribution in [3.8, 4) is 5.88 Å². The number of carbonyl (C=O) groups is 1. The van der Waals surface area contributed by atoms with Crippen LogP contribution in [-0.2, 0) is 22.4 Å². The molecule has 0 saturated carbocycles. The Morgan fingerprint density at radius 2 is 2.00 bits per heavy atom. The number of rotatable bonds is 8. The molecule has 4 rings (SSSR count). The molecule has 32 heavy (non-hydrogen) atoms. The van der Waals surface area contributed by atoms with Crippen molar-refractivity contribution >= 4 is 38.0 Å². The average molecular weight is 480 g/mol. The molecule has 0 bridgehead atoms. The molecule has 2 aliphatic heterocycles. The molecule has 2 aliphatic rings. The first-order valence-corrected chi connectivity index (χ1v) is 12.7. The number of amides is 1. The zero-order valence-electron chi connectivity index (χ0n) is 18.1. The SMILES string of the molecule is C[S+]([O-])C1CN(c2ncc(N3CCC(Cc4ccc(OCC(C)(F)P)nc4)C3=O)cn2)C1. The fourth-order valence-corrected chi connectivity index (χ4v) is 4.59. The number of pyridine rings is 1. The van der Waals surface area contributed by atoms with Crippen molar-refractivity contribution < 1.29 is 18.5 Å². The Morgan fingerprint density at radius 3 is 2.59 bits per heavy atom. The normalized spacial score (nSPS) is 21.9. The number of aromatic nitrogens is 3. The van der Waals surface area contributed by atoms with E-state index in [1.807, 2.05) is 11.0 Å². The van der Waals surface area contributed by atoms with E-state index in [1.54, 1.807) is 35.8 Å². The van der Waals surface area contributed by atoms with Gasteiger partial charge in [0.2, 0.25) is 17.7 Å². The summed E-state index contributed by atoms with van der Waals surface area (Å²) in [7, 11) is 2.09. The van der Waals surface area contributed by atoms with Crippen LogP contribution in [-0.4, -0.2) is 68.6 Å². The first-order valence-electron chi connectivity index (χ1n) is 10.5. The van der Waals surface area contributed by atoms with E-state index in [9.17, 15) is 13.7 Å². The van der Waals surface area contributed by atoms with Crippen LogP contribution < -0.4 is 14.5 Å². The van der Waals surface area contributed by atoms with Crippen molar-refractivity contribution in [3.05, 3.63) is 36.3 Å². The Morgan fingerprint density at radius 1 is 1.28 bits per heavy atom. The highest BCUT2D eigenvalue weighted by Gasteiger charge is 2.36. The fourth-order valence-electron chi connectivity index (χ4n) is 3.73. The van der Waals surface area contributed by atoms with Crippen LogP contribution in [0.3, 0.4) is 0 Å². The standard InChI is InChI=1S/C21H27FN5O3PS/c1-21(22,31)13-30-18-4-3-14(8-23-18)7-15-5-6-27(19(15)28)16-9-24-20(25-10-16)26-11-17(12-26)32(2)29/h3-4,8-10,15,17H,5-7,11-13,31H2,1-2H3. The van der Waals surface area contributed by atoms with Gasteiger partial charge in [-0.05, 0) is 25.3 Å². The van der Waals surface area contributed by atoms with E-state index in [0.717, 1.165) is 12.0 Å². The van der Waals surface area contributed by atoms with Crippen molar-refractivity contribution in [1.29, 1.82) is 0 Å². The number of nitrogens with zero attached hydrogens (tertiary/aromatic N) is 5. The molecule has 2 saturated heterocycles. The molecule has 0 radical (unpaired) electrons. The van der Waals surface area contributed by atoms with Gasteiger partial charge in [0, 0.05) is 24.7 Å². The van der Waals surface area contributed by atoms with Gasteiger partial charge in [-0.3, -0.25) is 4.79 Å². The van der Waals surface area contributed by atoms with E-state index in [-0.39, 0.29) is 23.7 Å². The minimum atomic E-state index is -1.50. The maximum atomic E-state index is 13.5. The van der Waals surface area contributed by atoms with Crippen molar-refractivity contribution in [1.82, 2.24) is 15.0 Å². The molecule has 0 aliphatic carbocycles. The monoisotopic (exact) mass is 479 g/mol. The highest BCUT2D eigenvalue weighted by Crippen LogP contribution is 2.29. The quantitative estimate of drug-likeness (QED) is 0.422. The van der Waals surface area contributed by atoms with Crippen LogP contribution in [0.2, 0.25) is 0 Å². The Balaban J connectivity index is 1.31. The van der Waals surface area contributed by atoms with E-state index in [0.29, 0.717) is 43.6 Å². The molecule has 2 aromatic rings. The second kappa shape index (κ2) is 9.45. The summed E-state index contributed by atoms with van der Waals surface area (Å²) < 4.78 is 30.3. The number of carbonyl (C=O) groups excluding carboxylic acids is 1. The number of hydrogen-bond acceptors (Lipinski definition) is 7. The number of alkyl halides is 1. The summed E-state index contributed by atoms with van der Waals surface area (Å²) >= 11 is -0.834. The van der Waals surface area contributed by atoms with Crippen LogP contribution in [0, 0.1) is 5.92 Å².